The highest BCUT2D eigenvalue weighted by Crippen LogP contribution is 2.33. The molecule has 0 aliphatic heterocycles. The lowest BCUT2D eigenvalue weighted by Crippen LogP contribution is -2.36. The summed E-state index contributed by atoms with van der Waals surface area (Å²) < 4.78 is 15.7. The molecule has 0 saturated heterocycles. The number of hydrogen-bond acceptors (Lipinski definition) is 2. The highest BCUT2D eigenvalue weighted by atomic mass is 19.1. The second kappa shape index (κ2) is 5.92. The van der Waals surface area contributed by atoms with Crippen LogP contribution in [0.2, 0.25) is 0 Å². The molecule has 1 aromatic heterocycles. The summed E-state index contributed by atoms with van der Waals surface area (Å²) in [6.07, 6.45) is 2.87. The predicted molar refractivity (Wildman–Crippen MR) is 81.3 cm³/mol. The van der Waals surface area contributed by atoms with E-state index in [9.17, 15) is 4.39 Å². The molecule has 0 fully saturated rings. The van der Waals surface area contributed by atoms with Gasteiger partial charge in [-0.2, -0.15) is 0 Å². The van der Waals surface area contributed by atoms with Gasteiger partial charge in [0.2, 0.25) is 0 Å². The highest BCUT2D eigenvalue weighted by Gasteiger charge is 2.32. The topological polar surface area (TPSA) is 43.8 Å². The molecule has 0 atom stereocenters. The molecule has 3 nitrogen and oxygen atoms in total. The van der Waals surface area contributed by atoms with Crippen LogP contribution in [0.1, 0.15) is 45.9 Å². The van der Waals surface area contributed by atoms with Crippen molar-refractivity contribution in [2.45, 2.75) is 52.0 Å². The molecule has 0 aliphatic carbocycles. The van der Waals surface area contributed by atoms with Crippen molar-refractivity contribution in [1.82, 2.24) is 9.55 Å². The van der Waals surface area contributed by atoms with Crippen molar-refractivity contribution >= 4 is 11.0 Å². The van der Waals surface area contributed by atoms with Crippen LogP contribution in [0, 0.1) is 5.82 Å². The first-order chi connectivity index (χ1) is 9.61. The molecule has 0 aliphatic rings. The van der Waals surface area contributed by atoms with Crippen LogP contribution in [-0.4, -0.2) is 16.1 Å². The molecular formula is C16H24FN3. The normalized spacial score (nSPS) is 12.2. The molecule has 110 valence electrons. The molecule has 0 bridgehead atoms. The number of rotatable bonds is 6. The lowest BCUT2D eigenvalue weighted by molar-refractivity contribution is 0.366. The van der Waals surface area contributed by atoms with Crippen molar-refractivity contribution < 1.29 is 4.39 Å². The summed E-state index contributed by atoms with van der Waals surface area (Å²) in [6.45, 7) is 7.82. The first kappa shape index (κ1) is 15.0. The van der Waals surface area contributed by atoms with Crippen LogP contribution in [0.4, 0.5) is 4.39 Å². The first-order valence-corrected chi connectivity index (χ1v) is 7.48. The molecule has 20 heavy (non-hydrogen) atoms. The van der Waals surface area contributed by atoms with Gasteiger partial charge in [-0.25, -0.2) is 9.37 Å². The van der Waals surface area contributed by atoms with Crippen LogP contribution in [0.3, 0.4) is 0 Å². The van der Waals surface area contributed by atoms with Crippen molar-refractivity contribution in [3.63, 3.8) is 0 Å². The molecule has 4 heteroatoms. The zero-order valence-corrected chi connectivity index (χ0v) is 12.6. The van der Waals surface area contributed by atoms with Crippen molar-refractivity contribution in [2.75, 3.05) is 6.54 Å². The average Bonchev–Trinajstić information content (AvgIpc) is 2.81. The first-order valence-electron chi connectivity index (χ1n) is 7.48. The third-order valence-corrected chi connectivity index (χ3v) is 4.38. The lowest BCUT2D eigenvalue weighted by Gasteiger charge is -2.30. The number of aryl methyl sites for hydroxylation is 1. The van der Waals surface area contributed by atoms with Gasteiger partial charge in [0.15, 0.2) is 0 Å². The molecule has 2 N–H and O–H groups in total. The minimum atomic E-state index is -0.215. The predicted octanol–water partition coefficient (Wildman–Crippen LogP) is 3.60. The summed E-state index contributed by atoms with van der Waals surface area (Å²) in [7, 11) is 0. The number of benzene rings is 1. The number of halogens is 1. The van der Waals surface area contributed by atoms with Gasteiger partial charge in [0.05, 0.1) is 11.0 Å². The van der Waals surface area contributed by atoms with Gasteiger partial charge in [0, 0.05) is 18.5 Å². The van der Waals surface area contributed by atoms with Crippen molar-refractivity contribution in [2.24, 2.45) is 5.73 Å². The minimum Gasteiger partial charge on any atom is -0.329 e. The number of fused-ring (bicyclic) bond motifs is 1. The van der Waals surface area contributed by atoms with Gasteiger partial charge in [-0.15, -0.1) is 0 Å². The van der Waals surface area contributed by atoms with E-state index in [0.29, 0.717) is 6.54 Å². The molecule has 0 unspecified atom stereocenters. The number of imidazole rings is 1. The summed E-state index contributed by atoms with van der Waals surface area (Å²) in [5.74, 6) is 0.792. The fourth-order valence-electron chi connectivity index (χ4n) is 2.90. The van der Waals surface area contributed by atoms with Gasteiger partial charge >= 0.3 is 0 Å². The zero-order valence-electron chi connectivity index (χ0n) is 12.6. The molecule has 0 spiro atoms. The Kier molecular flexibility index (Phi) is 4.43. The largest absolute Gasteiger partial charge is 0.329 e. The minimum absolute atomic E-state index is 0.120. The molecule has 0 saturated carbocycles. The Morgan fingerprint density at radius 2 is 1.95 bits per heavy atom. The quantitative estimate of drug-likeness (QED) is 0.876. The van der Waals surface area contributed by atoms with E-state index in [4.69, 9.17) is 10.7 Å². The summed E-state index contributed by atoms with van der Waals surface area (Å²) >= 11 is 0. The van der Waals surface area contributed by atoms with E-state index in [1.165, 1.54) is 6.07 Å². The Labute approximate surface area is 120 Å². The standard InChI is InChI=1S/C16H24FN3/c1-4-9-20-14-10-12(17)7-8-13(14)19-15(20)16(5-2,6-3)11-18/h7-8,10H,4-6,9,11,18H2,1-3H3. The second-order valence-corrected chi connectivity index (χ2v) is 5.41. The van der Waals surface area contributed by atoms with E-state index in [-0.39, 0.29) is 11.2 Å². The molecule has 0 radical (unpaired) electrons. The number of nitrogens with zero attached hydrogens (tertiary/aromatic N) is 2. The summed E-state index contributed by atoms with van der Waals surface area (Å²) in [5.41, 5.74) is 7.66. The van der Waals surface area contributed by atoms with E-state index >= 15 is 0 Å². The Morgan fingerprint density at radius 3 is 2.50 bits per heavy atom. The third kappa shape index (κ3) is 2.33. The van der Waals surface area contributed by atoms with Gasteiger partial charge < -0.3 is 10.3 Å². The van der Waals surface area contributed by atoms with E-state index in [1.54, 1.807) is 12.1 Å². The van der Waals surface area contributed by atoms with Crippen LogP contribution >= 0.6 is 0 Å². The molecule has 2 rings (SSSR count). The molecule has 1 aromatic carbocycles. The Morgan fingerprint density at radius 1 is 1.25 bits per heavy atom. The fraction of sp³-hybridized carbons (Fsp3) is 0.562. The Hall–Kier alpha value is -1.42. The fourth-order valence-corrected chi connectivity index (χ4v) is 2.90. The summed E-state index contributed by atoms with van der Waals surface area (Å²) in [5, 5.41) is 0. The monoisotopic (exact) mass is 277 g/mol. The van der Waals surface area contributed by atoms with E-state index < -0.39 is 0 Å². The maximum absolute atomic E-state index is 13.5. The lowest BCUT2D eigenvalue weighted by atomic mass is 9.81. The Bertz CT molecular complexity index is 576. The van der Waals surface area contributed by atoms with Gasteiger partial charge in [0.1, 0.15) is 11.6 Å². The summed E-state index contributed by atoms with van der Waals surface area (Å²) in [6, 6.07) is 4.80. The zero-order chi connectivity index (χ0) is 14.8. The van der Waals surface area contributed by atoms with Crippen molar-refractivity contribution in [3.8, 4) is 0 Å². The van der Waals surface area contributed by atoms with Crippen LogP contribution in [0.25, 0.3) is 11.0 Å². The van der Waals surface area contributed by atoms with Crippen LogP contribution in [0.5, 0.6) is 0 Å². The van der Waals surface area contributed by atoms with Gasteiger partial charge in [-0.05, 0) is 37.5 Å². The summed E-state index contributed by atoms with van der Waals surface area (Å²) in [4.78, 5) is 4.77. The molecular weight excluding hydrogens is 253 g/mol. The van der Waals surface area contributed by atoms with Crippen LogP contribution in [-0.2, 0) is 12.0 Å². The van der Waals surface area contributed by atoms with Gasteiger partial charge in [-0.3, -0.25) is 0 Å². The van der Waals surface area contributed by atoms with Crippen LogP contribution < -0.4 is 5.73 Å². The second-order valence-electron chi connectivity index (χ2n) is 5.41. The van der Waals surface area contributed by atoms with Gasteiger partial charge in [-0.1, -0.05) is 20.8 Å². The molecule has 2 aromatic rings. The molecule has 0 amide bonds. The number of hydrogen-bond donors (Lipinski definition) is 1. The van der Waals surface area contributed by atoms with Gasteiger partial charge in [0.25, 0.3) is 0 Å². The number of nitrogens with two attached hydrogens (primary N) is 1. The highest BCUT2D eigenvalue weighted by molar-refractivity contribution is 5.76. The molecule has 1 heterocycles. The maximum Gasteiger partial charge on any atom is 0.125 e. The van der Waals surface area contributed by atoms with Crippen molar-refractivity contribution in [1.29, 1.82) is 0 Å². The van der Waals surface area contributed by atoms with E-state index in [0.717, 1.165) is 42.7 Å². The number of aromatic nitrogens is 2. The van der Waals surface area contributed by atoms with E-state index in [1.807, 2.05) is 0 Å². The Balaban J connectivity index is 2.71. The van der Waals surface area contributed by atoms with Crippen molar-refractivity contribution in [3.05, 3.63) is 29.8 Å². The average molecular weight is 277 g/mol. The van der Waals surface area contributed by atoms with E-state index in [2.05, 4.69) is 25.3 Å². The maximum atomic E-state index is 13.5. The SMILES string of the molecule is CCCn1c(C(CC)(CC)CN)nc2ccc(F)cc21. The smallest absolute Gasteiger partial charge is 0.125 e. The third-order valence-electron chi connectivity index (χ3n) is 4.38. The van der Waals surface area contributed by atoms with Crippen LogP contribution in [0.15, 0.2) is 18.2 Å².